The molecule has 0 bridgehead atoms. The number of carbonyl (C=O) groups is 1. The lowest BCUT2D eigenvalue weighted by Crippen LogP contribution is -2.26. The summed E-state index contributed by atoms with van der Waals surface area (Å²) >= 11 is 3.35. The van der Waals surface area contributed by atoms with E-state index in [2.05, 4.69) is 15.9 Å². The zero-order valence-corrected chi connectivity index (χ0v) is 10.5. The first kappa shape index (κ1) is 12.4. The molecular weight excluding hydrogens is 256 g/mol. The van der Waals surface area contributed by atoms with Gasteiger partial charge in [-0.2, -0.15) is 0 Å². The maximum Gasteiger partial charge on any atom is 0.135 e. The molecular formula is C12H15BrO2. The van der Waals surface area contributed by atoms with Crippen LogP contribution in [0.3, 0.4) is 0 Å². The molecule has 0 saturated heterocycles. The number of ketones is 1. The number of benzene rings is 1. The maximum absolute atomic E-state index is 11.3. The Kier molecular flexibility index (Phi) is 4.48. The molecule has 2 nitrogen and oxygen atoms in total. The Morgan fingerprint density at radius 1 is 1.40 bits per heavy atom. The van der Waals surface area contributed by atoms with Gasteiger partial charge >= 0.3 is 0 Å². The number of halogens is 1. The van der Waals surface area contributed by atoms with Crippen LogP contribution in [0, 0.1) is 5.92 Å². The largest absolute Gasteiger partial charge is 0.393 e. The summed E-state index contributed by atoms with van der Waals surface area (Å²) in [5, 5.41) is 9.47. The zero-order chi connectivity index (χ0) is 11.4. The summed E-state index contributed by atoms with van der Waals surface area (Å²) in [6.45, 7) is 3.18. The summed E-state index contributed by atoms with van der Waals surface area (Å²) in [4.78, 5) is 11.3. The number of Topliss-reactive ketones (excluding diaryl/α,β-unsaturated/α-hetero) is 1. The number of carbonyl (C=O) groups excluding carboxylic acids is 1. The number of hydrogen-bond acceptors (Lipinski definition) is 2. The molecule has 2 atom stereocenters. The molecule has 0 radical (unpaired) electrons. The minimum absolute atomic E-state index is 0.0351. The second-order valence-corrected chi connectivity index (χ2v) is 4.70. The molecule has 1 N–H and O–H groups in total. The molecule has 0 aliphatic carbocycles. The van der Waals surface area contributed by atoms with Gasteiger partial charge in [-0.1, -0.05) is 28.1 Å². The Bertz CT molecular complexity index is 330. The standard InChI is InChI=1S/C12H15BrO2/c1-8(14)12(9(2)15)7-10-3-5-11(13)6-4-10/h3-6,8,12,14H,7H2,1-2H3. The van der Waals surface area contributed by atoms with Crippen LogP contribution in [0.5, 0.6) is 0 Å². The fraction of sp³-hybridized carbons (Fsp3) is 0.417. The maximum atomic E-state index is 11.3. The van der Waals surface area contributed by atoms with Crippen molar-refractivity contribution in [1.82, 2.24) is 0 Å². The zero-order valence-electron chi connectivity index (χ0n) is 8.90. The molecule has 1 aromatic rings. The summed E-state index contributed by atoms with van der Waals surface area (Å²) in [6, 6.07) is 7.80. The molecule has 0 aliphatic rings. The molecule has 1 aromatic carbocycles. The van der Waals surface area contributed by atoms with E-state index >= 15 is 0 Å². The average molecular weight is 271 g/mol. The van der Waals surface area contributed by atoms with Crippen molar-refractivity contribution < 1.29 is 9.90 Å². The monoisotopic (exact) mass is 270 g/mol. The third kappa shape index (κ3) is 3.76. The molecule has 0 fully saturated rings. The van der Waals surface area contributed by atoms with E-state index in [1.807, 2.05) is 24.3 Å². The molecule has 0 saturated carbocycles. The number of aliphatic hydroxyl groups excluding tert-OH is 1. The van der Waals surface area contributed by atoms with E-state index in [4.69, 9.17) is 0 Å². The molecule has 82 valence electrons. The van der Waals surface area contributed by atoms with Gasteiger partial charge in [0.15, 0.2) is 0 Å². The number of hydrogen-bond donors (Lipinski definition) is 1. The lowest BCUT2D eigenvalue weighted by atomic mass is 9.92. The van der Waals surface area contributed by atoms with Gasteiger partial charge in [-0.3, -0.25) is 4.79 Å². The van der Waals surface area contributed by atoms with E-state index in [0.29, 0.717) is 6.42 Å². The van der Waals surface area contributed by atoms with Crippen LogP contribution in [0.25, 0.3) is 0 Å². The minimum Gasteiger partial charge on any atom is -0.393 e. The summed E-state index contributed by atoms with van der Waals surface area (Å²) in [5.41, 5.74) is 1.07. The van der Waals surface area contributed by atoms with Crippen LogP contribution >= 0.6 is 15.9 Å². The summed E-state index contributed by atoms with van der Waals surface area (Å²) < 4.78 is 1.02. The van der Waals surface area contributed by atoms with Gasteiger partial charge in [-0.15, -0.1) is 0 Å². The minimum atomic E-state index is -0.592. The molecule has 3 heteroatoms. The topological polar surface area (TPSA) is 37.3 Å². The van der Waals surface area contributed by atoms with Crippen molar-refractivity contribution in [3.05, 3.63) is 34.3 Å². The van der Waals surface area contributed by atoms with Gasteiger partial charge in [-0.25, -0.2) is 0 Å². The van der Waals surface area contributed by atoms with Crippen LogP contribution in [0.2, 0.25) is 0 Å². The molecule has 0 amide bonds. The van der Waals surface area contributed by atoms with E-state index in [0.717, 1.165) is 10.0 Å². The van der Waals surface area contributed by atoms with Gasteiger partial charge in [0, 0.05) is 10.4 Å². The molecule has 2 unspecified atom stereocenters. The third-order valence-corrected chi connectivity index (χ3v) is 3.00. The van der Waals surface area contributed by atoms with Crippen LogP contribution in [0.15, 0.2) is 28.7 Å². The Labute approximate surface area is 98.4 Å². The highest BCUT2D eigenvalue weighted by atomic mass is 79.9. The Balaban J connectivity index is 2.74. The van der Waals surface area contributed by atoms with Crippen LogP contribution in [-0.4, -0.2) is 17.0 Å². The van der Waals surface area contributed by atoms with Crippen molar-refractivity contribution >= 4 is 21.7 Å². The molecule has 0 aromatic heterocycles. The Hall–Kier alpha value is -0.670. The third-order valence-electron chi connectivity index (χ3n) is 2.47. The molecule has 15 heavy (non-hydrogen) atoms. The Morgan fingerprint density at radius 3 is 2.33 bits per heavy atom. The van der Waals surface area contributed by atoms with Gasteiger partial charge in [0.25, 0.3) is 0 Å². The quantitative estimate of drug-likeness (QED) is 0.913. The number of aliphatic hydroxyl groups is 1. The van der Waals surface area contributed by atoms with E-state index in [9.17, 15) is 9.90 Å². The Morgan fingerprint density at radius 2 is 1.93 bits per heavy atom. The first-order valence-corrected chi connectivity index (χ1v) is 5.73. The van der Waals surface area contributed by atoms with E-state index in [-0.39, 0.29) is 11.7 Å². The van der Waals surface area contributed by atoms with E-state index in [1.165, 1.54) is 6.92 Å². The number of rotatable bonds is 4. The highest BCUT2D eigenvalue weighted by Gasteiger charge is 2.20. The van der Waals surface area contributed by atoms with Crippen molar-refractivity contribution in [1.29, 1.82) is 0 Å². The second kappa shape index (κ2) is 5.42. The molecule has 0 spiro atoms. The lowest BCUT2D eigenvalue weighted by Gasteiger charge is -2.16. The van der Waals surface area contributed by atoms with Crippen LogP contribution in [0.4, 0.5) is 0 Å². The van der Waals surface area contributed by atoms with Gasteiger partial charge < -0.3 is 5.11 Å². The summed E-state index contributed by atoms with van der Waals surface area (Å²) in [6.07, 6.45) is 0.00597. The predicted molar refractivity (Wildman–Crippen MR) is 63.7 cm³/mol. The van der Waals surface area contributed by atoms with Crippen LogP contribution < -0.4 is 0 Å². The van der Waals surface area contributed by atoms with Crippen molar-refractivity contribution in [3.8, 4) is 0 Å². The van der Waals surface area contributed by atoms with E-state index < -0.39 is 6.10 Å². The highest BCUT2D eigenvalue weighted by molar-refractivity contribution is 9.10. The highest BCUT2D eigenvalue weighted by Crippen LogP contribution is 2.16. The van der Waals surface area contributed by atoms with Crippen LogP contribution in [-0.2, 0) is 11.2 Å². The van der Waals surface area contributed by atoms with E-state index in [1.54, 1.807) is 6.92 Å². The van der Waals surface area contributed by atoms with Crippen molar-refractivity contribution in [2.24, 2.45) is 5.92 Å². The molecule has 0 aliphatic heterocycles. The fourth-order valence-corrected chi connectivity index (χ4v) is 1.79. The predicted octanol–water partition coefficient (Wildman–Crippen LogP) is 2.58. The van der Waals surface area contributed by atoms with Crippen LogP contribution in [0.1, 0.15) is 19.4 Å². The average Bonchev–Trinajstić information content (AvgIpc) is 2.15. The van der Waals surface area contributed by atoms with Gasteiger partial charge in [-0.05, 0) is 38.0 Å². The smallest absolute Gasteiger partial charge is 0.135 e. The molecule has 0 heterocycles. The van der Waals surface area contributed by atoms with Crippen molar-refractivity contribution in [2.75, 3.05) is 0 Å². The van der Waals surface area contributed by atoms with Gasteiger partial charge in [0.05, 0.1) is 6.10 Å². The van der Waals surface area contributed by atoms with Gasteiger partial charge in [0.2, 0.25) is 0 Å². The van der Waals surface area contributed by atoms with Crippen molar-refractivity contribution in [2.45, 2.75) is 26.4 Å². The first-order valence-electron chi connectivity index (χ1n) is 4.93. The van der Waals surface area contributed by atoms with Gasteiger partial charge in [0.1, 0.15) is 5.78 Å². The second-order valence-electron chi connectivity index (χ2n) is 3.79. The molecule has 1 rings (SSSR count). The lowest BCUT2D eigenvalue weighted by molar-refractivity contribution is -0.123. The van der Waals surface area contributed by atoms with Crippen molar-refractivity contribution in [3.63, 3.8) is 0 Å². The summed E-state index contributed by atoms with van der Waals surface area (Å²) in [7, 11) is 0. The first-order chi connectivity index (χ1) is 7.00. The SMILES string of the molecule is CC(=O)C(Cc1ccc(Br)cc1)C(C)O. The normalized spacial score (nSPS) is 14.7. The fourth-order valence-electron chi connectivity index (χ4n) is 1.53. The summed E-state index contributed by atoms with van der Waals surface area (Å²) in [5.74, 6) is -0.265.